The molecule has 1 saturated heterocycles. The molecule has 0 atom stereocenters. The summed E-state index contributed by atoms with van der Waals surface area (Å²) in [5.41, 5.74) is 2.44. The Bertz CT molecular complexity index is 997. The number of carboxylic acid groups (broad SMARTS) is 1. The minimum Gasteiger partial charge on any atom is -0.481 e. The van der Waals surface area contributed by atoms with Gasteiger partial charge in [-0.05, 0) is 49.9 Å². The minimum atomic E-state index is -0.754. The third kappa shape index (κ3) is 5.06. The first-order chi connectivity index (χ1) is 14.3. The quantitative estimate of drug-likeness (QED) is 0.651. The van der Waals surface area contributed by atoms with Gasteiger partial charge in [0, 0.05) is 55.4 Å². The monoisotopic (exact) mass is 482 g/mol. The van der Waals surface area contributed by atoms with Gasteiger partial charge in [0.25, 0.3) is 0 Å². The van der Waals surface area contributed by atoms with Crippen LogP contribution in [0.25, 0.3) is 0 Å². The second-order valence-corrected chi connectivity index (χ2v) is 9.87. The maximum absolute atomic E-state index is 11.5. The van der Waals surface area contributed by atoms with Crippen LogP contribution in [0.15, 0.2) is 40.4 Å². The summed E-state index contributed by atoms with van der Waals surface area (Å²) >= 11 is 7.97. The van der Waals surface area contributed by atoms with E-state index in [2.05, 4.69) is 32.9 Å². The lowest BCUT2D eigenvalue weighted by Crippen LogP contribution is -2.52. The van der Waals surface area contributed by atoms with Crippen molar-refractivity contribution in [2.24, 2.45) is 10.4 Å². The Balaban J connectivity index is 0.00000272. The van der Waals surface area contributed by atoms with Crippen molar-refractivity contribution in [1.82, 2.24) is 14.4 Å². The number of aliphatic carboxylic acids is 1. The Morgan fingerprint density at radius 2 is 1.94 bits per heavy atom. The number of hydrogen-bond donors (Lipinski definition) is 1. The summed E-state index contributed by atoms with van der Waals surface area (Å²) < 4.78 is 2.26. The number of carbonyl (C=O) groups is 1. The van der Waals surface area contributed by atoms with Gasteiger partial charge in [-0.1, -0.05) is 11.6 Å². The van der Waals surface area contributed by atoms with Crippen molar-refractivity contribution in [2.75, 3.05) is 39.0 Å². The first-order valence-corrected chi connectivity index (χ1v) is 11.7. The fraction of sp³-hybridized carbons (Fsp3) is 0.455. The van der Waals surface area contributed by atoms with Crippen LogP contribution in [0.3, 0.4) is 0 Å². The van der Waals surface area contributed by atoms with E-state index in [9.17, 15) is 9.90 Å². The lowest BCUT2D eigenvalue weighted by molar-refractivity contribution is -0.148. The lowest BCUT2D eigenvalue weighted by Gasteiger charge is -2.38. The molecule has 0 aliphatic carbocycles. The van der Waals surface area contributed by atoms with Crippen LogP contribution in [0, 0.1) is 5.41 Å². The molecule has 1 fully saturated rings. The zero-order chi connectivity index (χ0) is 21.5. The Morgan fingerprint density at radius 1 is 1.23 bits per heavy atom. The molecule has 0 unspecified atom stereocenters. The van der Waals surface area contributed by atoms with Crippen LogP contribution in [0.1, 0.15) is 25.1 Å². The number of benzene rings is 1. The molecule has 31 heavy (non-hydrogen) atoms. The molecule has 1 aromatic heterocycles. The van der Waals surface area contributed by atoms with Gasteiger partial charge in [-0.25, -0.2) is 4.99 Å². The summed E-state index contributed by atoms with van der Waals surface area (Å²) in [6, 6.07) is 8.08. The summed E-state index contributed by atoms with van der Waals surface area (Å²) in [5, 5.41) is 10.2. The van der Waals surface area contributed by atoms with E-state index in [0.29, 0.717) is 6.54 Å². The van der Waals surface area contributed by atoms with E-state index in [1.54, 1.807) is 25.6 Å². The summed E-state index contributed by atoms with van der Waals surface area (Å²) in [5.74, 6) is 0.226. The number of carboxylic acids is 1. The third-order valence-electron chi connectivity index (χ3n) is 5.81. The normalized spacial score (nSPS) is 16.6. The fourth-order valence-electron chi connectivity index (χ4n) is 4.04. The summed E-state index contributed by atoms with van der Waals surface area (Å²) in [7, 11) is 0. The number of thioether (sulfide) groups is 1. The second kappa shape index (κ2) is 9.45. The van der Waals surface area contributed by atoms with Gasteiger partial charge < -0.3 is 14.6 Å². The van der Waals surface area contributed by atoms with E-state index < -0.39 is 11.4 Å². The highest BCUT2D eigenvalue weighted by atomic mass is 35.5. The number of aromatic nitrogens is 1. The Kier molecular flexibility index (Phi) is 7.31. The Morgan fingerprint density at radius 3 is 2.58 bits per heavy atom. The number of fused-ring (bicyclic) bond motifs is 2. The first-order valence-electron chi connectivity index (χ1n) is 10.1. The zero-order valence-corrected chi connectivity index (χ0v) is 20.4. The smallest absolute Gasteiger partial charge is 0.310 e. The summed E-state index contributed by atoms with van der Waals surface area (Å²) in [6.45, 7) is 8.14. The molecule has 0 bridgehead atoms. The van der Waals surface area contributed by atoms with Crippen LogP contribution in [0.5, 0.6) is 0 Å². The predicted molar refractivity (Wildman–Crippen MR) is 130 cm³/mol. The topological polar surface area (TPSA) is 61.1 Å². The number of nitrogens with zero attached hydrogens (tertiary/aromatic N) is 4. The molecule has 0 spiro atoms. The van der Waals surface area contributed by atoms with Crippen molar-refractivity contribution < 1.29 is 9.90 Å². The maximum atomic E-state index is 11.5. The van der Waals surface area contributed by atoms with Crippen LogP contribution < -0.4 is 0 Å². The van der Waals surface area contributed by atoms with Gasteiger partial charge in [0.1, 0.15) is 0 Å². The minimum absolute atomic E-state index is 0. The molecule has 4 rings (SSSR count). The highest BCUT2D eigenvalue weighted by Crippen LogP contribution is 2.31. The number of hydrogen-bond acceptors (Lipinski definition) is 5. The van der Waals surface area contributed by atoms with Gasteiger partial charge in [0.05, 0.1) is 16.8 Å². The van der Waals surface area contributed by atoms with E-state index in [4.69, 9.17) is 16.6 Å². The molecule has 0 amide bonds. The molecule has 1 N–H and O–H groups in total. The van der Waals surface area contributed by atoms with Gasteiger partial charge in [0.2, 0.25) is 0 Å². The van der Waals surface area contributed by atoms with Crippen molar-refractivity contribution in [3.63, 3.8) is 0 Å². The van der Waals surface area contributed by atoms with Crippen LogP contribution in [0.2, 0.25) is 5.02 Å². The molecular weight excluding hydrogens is 455 g/mol. The SMILES string of the molecule is CSc1cc2n(c1)Cc1cc(Cl)ccc1N=C2N1CCN(CC(C)(C)C(=O)O)CC1.Cl. The van der Waals surface area contributed by atoms with E-state index in [-0.39, 0.29) is 12.4 Å². The van der Waals surface area contributed by atoms with Crippen LogP contribution in [-0.4, -0.2) is 70.3 Å². The van der Waals surface area contributed by atoms with Gasteiger partial charge in [-0.3, -0.25) is 9.69 Å². The molecule has 2 aliphatic rings. The fourth-order valence-corrected chi connectivity index (χ4v) is 4.69. The third-order valence-corrected chi connectivity index (χ3v) is 6.74. The van der Waals surface area contributed by atoms with Crippen molar-refractivity contribution in [3.8, 4) is 0 Å². The van der Waals surface area contributed by atoms with E-state index in [0.717, 1.165) is 60.5 Å². The van der Waals surface area contributed by atoms with Crippen molar-refractivity contribution in [1.29, 1.82) is 0 Å². The van der Waals surface area contributed by atoms with Gasteiger partial charge in [-0.15, -0.1) is 24.2 Å². The Labute approximate surface area is 198 Å². The standard InChI is InChI=1S/C22H27ClN4O2S.ClH/c1-22(2,21(28)29)14-25-6-8-26(9-7-25)20-19-11-17(30-3)13-27(19)12-15-10-16(23)4-5-18(15)24-20;/h4-5,10-11,13H,6-9,12,14H2,1-3H3,(H,28,29);1H. The average Bonchev–Trinajstić information content (AvgIpc) is 3.04. The Hall–Kier alpha value is -1.67. The first kappa shape index (κ1) is 24.0. The van der Waals surface area contributed by atoms with Crippen LogP contribution >= 0.6 is 35.8 Å². The highest BCUT2D eigenvalue weighted by molar-refractivity contribution is 7.98. The largest absolute Gasteiger partial charge is 0.481 e. The van der Waals surface area contributed by atoms with Gasteiger partial charge >= 0.3 is 5.97 Å². The van der Waals surface area contributed by atoms with Crippen molar-refractivity contribution in [3.05, 3.63) is 46.7 Å². The molecule has 6 nitrogen and oxygen atoms in total. The van der Waals surface area contributed by atoms with Crippen LogP contribution in [0.4, 0.5) is 5.69 Å². The number of aliphatic imine (C=N–C) groups is 1. The molecule has 9 heteroatoms. The lowest BCUT2D eigenvalue weighted by atomic mass is 9.93. The number of piperazine rings is 1. The van der Waals surface area contributed by atoms with E-state index in [1.807, 2.05) is 18.2 Å². The molecule has 3 heterocycles. The molecular formula is C22H28Cl2N4O2S. The molecule has 2 aromatic rings. The number of amidine groups is 1. The van der Waals surface area contributed by atoms with Gasteiger partial charge in [0.15, 0.2) is 5.84 Å². The number of rotatable bonds is 4. The molecule has 1 aromatic carbocycles. The van der Waals surface area contributed by atoms with Gasteiger partial charge in [-0.2, -0.15) is 0 Å². The zero-order valence-electron chi connectivity index (χ0n) is 18.0. The molecule has 0 saturated carbocycles. The average molecular weight is 483 g/mol. The summed E-state index contributed by atoms with van der Waals surface area (Å²) in [4.78, 5) is 22.3. The van der Waals surface area contributed by atoms with Crippen LogP contribution in [-0.2, 0) is 11.3 Å². The maximum Gasteiger partial charge on any atom is 0.310 e. The van der Waals surface area contributed by atoms with Crippen molar-refractivity contribution >= 4 is 53.3 Å². The highest BCUT2D eigenvalue weighted by Gasteiger charge is 2.32. The molecule has 168 valence electrons. The second-order valence-electron chi connectivity index (χ2n) is 8.55. The van der Waals surface area contributed by atoms with E-state index >= 15 is 0 Å². The van der Waals surface area contributed by atoms with E-state index in [1.165, 1.54) is 4.90 Å². The summed E-state index contributed by atoms with van der Waals surface area (Å²) in [6.07, 6.45) is 4.26. The predicted octanol–water partition coefficient (Wildman–Crippen LogP) is 4.45. The molecule has 2 aliphatic heterocycles. The number of halogens is 2. The molecule has 0 radical (unpaired) electrons. The van der Waals surface area contributed by atoms with Crippen molar-refractivity contribution in [2.45, 2.75) is 25.3 Å².